The molecule has 2 atom stereocenters. The molecule has 1 aliphatic rings. The van der Waals surface area contributed by atoms with Crippen LogP contribution in [-0.2, 0) is 13.2 Å². The van der Waals surface area contributed by atoms with Gasteiger partial charge < -0.3 is 14.2 Å². The third-order valence-corrected chi connectivity index (χ3v) is 5.82. The molecule has 1 aliphatic heterocycles. The predicted molar refractivity (Wildman–Crippen MR) is 114 cm³/mol. The lowest BCUT2D eigenvalue weighted by Gasteiger charge is -2.38. The minimum absolute atomic E-state index is 0.0456. The Bertz CT molecular complexity index is 1250. The molecule has 2 unspecified atom stereocenters. The Morgan fingerprint density at radius 2 is 1.91 bits per heavy atom. The molecule has 0 N–H and O–H groups in total. The van der Waals surface area contributed by atoms with Crippen molar-refractivity contribution in [2.45, 2.75) is 25.6 Å². The van der Waals surface area contributed by atoms with Crippen LogP contribution in [0, 0.1) is 17.2 Å². The van der Waals surface area contributed by atoms with Gasteiger partial charge in [0.05, 0.1) is 16.8 Å². The van der Waals surface area contributed by atoms with Crippen LogP contribution in [0.4, 0.5) is 18.9 Å². The summed E-state index contributed by atoms with van der Waals surface area (Å²) in [5, 5.41) is 9.23. The number of alkyl halides is 3. The molecule has 0 aliphatic carbocycles. The van der Waals surface area contributed by atoms with Gasteiger partial charge in [-0.1, -0.05) is 6.92 Å². The number of anilines is 1. The Morgan fingerprint density at radius 1 is 1.19 bits per heavy atom. The van der Waals surface area contributed by atoms with E-state index < -0.39 is 11.7 Å². The Kier molecular flexibility index (Phi) is 5.55. The number of aryl methyl sites for hydroxylation is 1. The van der Waals surface area contributed by atoms with Gasteiger partial charge in [-0.3, -0.25) is 4.79 Å². The highest BCUT2D eigenvalue weighted by molar-refractivity contribution is 5.88. The summed E-state index contributed by atoms with van der Waals surface area (Å²) < 4.78 is 45.8. The Balaban J connectivity index is 1.55. The van der Waals surface area contributed by atoms with Gasteiger partial charge >= 0.3 is 6.18 Å². The van der Waals surface area contributed by atoms with Crippen molar-refractivity contribution in [2.75, 3.05) is 18.0 Å². The highest BCUT2D eigenvalue weighted by Gasteiger charge is 2.31. The first-order chi connectivity index (χ1) is 15.2. The summed E-state index contributed by atoms with van der Waals surface area (Å²) in [6.45, 7) is 3.15. The van der Waals surface area contributed by atoms with Crippen molar-refractivity contribution in [3.63, 3.8) is 0 Å². The molecule has 4 rings (SSSR count). The number of hydrogen-bond donors (Lipinski definition) is 0. The van der Waals surface area contributed by atoms with E-state index in [4.69, 9.17) is 4.74 Å². The first kappa shape index (κ1) is 21.7. The fourth-order valence-corrected chi connectivity index (χ4v) is 4.03. The summed E-state index contributed by atoms with van der Waals surface area (Å²) in [7, 11) is 1.66. The monoisotopic (exact) mass is 442 g/mol. The zero-order valence-corrected chi connectivity index (χ0v) is 17.6. The fourth-order valence-electron chi connectivity index (χ4n) is 4.03. The van der Waals surface area contributed by atoms with Crippen molar-refractivity contribution in [2.24, 2.45) is 13.0 Å². The van der Waals surface area contributed by atoms with Crippen LogP contribution in [-0.4, -0.2) is 28.7 Å². The lowest BCUT2D eigenvalue weighted by Crippen LogP contribution is -2.45. The Labute approximate surface area is 182 Å². The molecule has 6 nitrogen and oxygen atoms in total. The van der Waals surface area contributed by atoms with Crippen molar-refractivity contribution < 1.29 is 17.9 Å². The molecule has 0 radical (unpaired) electrons. The van der Waals surface area contributed by atoms with Gasteiger partial charge in [-0.15, -0.1) is 0 Å². The van der Waals surface area contributed by atoms with Crippen LogP contribution in [0.3, 0.4) is 0 Å². The smallest absolute Gasteiger partial charge is 0.416 e. The van der Waals surface area contributed by atoms with Crippen molar-refractivity contribution in [3.8, 4) is 11.8 Å². The second kappa shape index (κ2) is 8.19. The SMILES string of the molecule is CC1CN(c2cc(=O)n(C)c3ccc(C#N)nc23)CCC1Oc1ccc(C(F)(F)F)cc1. The van der Waals surface area contributed by atoms with Gasteiger partial charge in [0.2, 0.25) is 0 Å². The number of pyridine rings is 2. The first-order valence-corrected chi connectivity index (χ1v) is 10.2. The summed E-state index contributed by atoms with van der Waals surface area (Å²) in [6.07, 6.45) is -3.94. The van der Waals surface area contributed by atoms with E-state index in [1.807, 2.05) is 13.0 Å². The van der Waals surface area contributed by atoms with E-state index in [0.29, 0.717) is 42.0 Å². The Morgan fingerprint density at radius 3 is 2.53 bits per heavy atom. The third-order valence-electron chi connectivity index (χ3n) is 5.82. The molecule has 1 aromatic carbocycles. The lowest BCUT2D eigenvalue weighted by molar-refractivity contribution is -0.137. The highest BCUT2D eigenvalue weighted by Crippen LogP contribution is 2.32. The molecule has 2 aromatic heterocycles. The number of benzene rings is 1. The van der Waals surface area contributed by atoms with E-state index in [-0.39, 0.29) is 23.3 Å². The molecule has 166 valence electrons. The number of nitrogens with zero attached hydrogens (tertiary/aromatic N) is 4. The van der Waals surface area contributed by atoms with Crippen LogP contribution in [0.2, 0.25) is 0 Å². The second-order valence-corrected chi connectivity index (χ2v) is 7.99. The normalized spacial score (nSPS) is 19.1. The minimum Gasteiger partial charge on any atom is -0.490 e. The average molecular weight is 442 g/mol. The van der Waals surface area contributed by atoms with E-state index in [2.05, 4.69) is 9.88 Å². The zero-order valence-electron chi connectivity index (χ0n) is 17.6. The van der Waals surface area contributed by atoms with Crippen LogP contribution < -0.4 is 15.2 Å². The van der Waals surface area contributed by atoms with Crippen LogP contribution in [0.25, 0.3) is 11.0 Å². The van der Waals surface area contributed by atoms with Crippen molar-refractivity contribution in [3.05, 3.63) is 64.1 Å². The Hall–Kier alpha value is -3.54. The number of fused-ring (bicyclic) bond motifs is 1. The van der Waals surface area contributed by atoms with Gasteiger partial charge in [-0.05, 0) is 36.4 Å². The number of aromatic nitrogens is 2. The molecular weight excluding hydrogens is 421 g/mol. The highest BCUT2D eigenvalue weighted by atomic mass is 19.4. The van der Waals surface area contributed by atoms with Gasteiger partial charge in [0.1, 0.15) is 29.1 Å². The topological polar surface area (TPSA) is 71.2 Å². The van der Waals surface area contributed by atoms with E-state index in [9.17, 15) is 23.2 Å². The number of halogens is 3. The quantitative estimate of drug-likeness (QED) is 0.610. The summed E-state index contributed by atoms with van der Waals surface area (Å²) in [5.74, 6) is 0.437. The van der Waals surface area contributed by atoms with Gasteiger partial charge in [0, 0.05) is 38.5 Å². The van der Waals surface area contributed by atoms with Crippen molar-refractivity contribution >= 4 is 16.7 Å². The van der Waals surface area contributed by atoms with Gasteiger partial charge in [0.25, 0.3) is 5.56 Å². The molecule has 0 saturated carbocycles. The molecular formula is C23H21F3N4O2. The van der Waals surface area contributed by atoms with Gasteiger partial charge in [-0.2, -0.15) is 18.4 Å². The second-order valence-electron chi connectivity index (χ2n) is 7.99. The number of ether oxygens (including phenoxy) is 1. The maximum atomic E-state index is 12.8. The number of hydrogen-bond acceptors (Lipinski definition) is 5. The van der Waals surface area contributed by atoms with Crippen LogP contribution in [0.5, 0.6) is 5.75 Å². The summed E-state index contributed by atoms with van der Waals surface area (Å²) in [5.41, 5.74) is 1.28. The summed E-state index contributed by atoms with van der Waals surface area (Å²) in [4.78, 5) is 19.0. The van der Waals surface area contributed by atoms with Crippen LogP contribution in [0.1, 0.15) is 24.6 Å². The zero-order chi connectivity index (χ0) is 23.0. The molecule has 1 fully saturated rings. The molecule has 9 heteroatoms. The molecule has 3 heterocycles. The molecule has 32 heavy (non-hydrogen) atoms. The van der Waals surface area contributed by atoms with Gasteiger partial charge in [0.15, 0.2) is 0 Å². The first-order valence-electron chi connectivity index (χ1n) is 10.2. The van der Waals surface area contributed by atoms with Crippen molar-refractivity contribution in [1.82, 2.24) is 9.55 Å². The number of nitriles is 1. The van der Waals surface area contributed by atoms with E-state index in [0.717, 1.165) is 12.1 Å². The minimum atomic E-state index is -4.38. The summed E-state index contributed by atoms with van der Waals surface area (Å²) >= 11 is 0. The lowest BCUT2D eigenvalue weighted by atomic mass is 9.95. The molecule has 0 spiro atoms. The summed E-state index contributed by atoms with van der Waals surface area (Å²) in [6, 6.07) is 11.6. The molecule has 0 amide bonds. The maximum absolute atomic E-state index is 12.8. The van der Waals surface area contributed by atoms with Crippen molar-refractivity contribution in [1.29, 1.82) is 5.26 Å². The average Bonchev–Trinajstić information content (AvgIpc) is 2.77. The van der Waals surface area contributed by atoms with E-state index >= 15 is 0 Å². The molecule has 0 bridgehead atoms. The fraction of sp³-hybridized carbons (Fsp3) is 0.348. The van der Waals surface area contributed by atoms with E-state index in [1.54, 1.807) is 19.2 Å². The van der Waals surface area contributed by atoms with Crippen LogP contribution in [0.15, 0.2) is 47.3 Å². The van der Waals surface area contributed by atoms with Gasteiger partial charge in [-0.25, -0.2) is 4.98 Å². The third kappa shape index (κ3) is 4.13. The van der Waals surface area contributed by atoms with Crippen LogP contribution >= 0.6 is 0 Å². The molecule has 1 saturated heterocycles. The maximum Gasteiger partial charge on any atom is 0.416 e. The number of rotatable bonds is 3. The predicted octanol–water partition coefficient (Wildman–Crippen LogP) is 4.12. The number of piperidine rings is 1. The largest absolute Gasteiger partial charge is 0.490 e. The standard InChI is InChI=1S/C23H21F3N4O2/c1-14-13-30(10-9-20(14)32-17-6-3-15(4-7-17)23(24,25)26)19-11-21(31)29(2)18-8-5-16(12-27)28-22(18)19/h3-8,11,14,20H,9-10,13H2,1-2H3. The van der Waals surface area contributed by atoms with E-state index in [1.165, 1.54) is 22.8 Å². The molecule has 3 aromatic rings.